The Morgan fingerprint density at radius 3 is 1.00 bits per heavy atom. The van der Waals surface area contributed by atoms with Gasteiger partial charge in [-0.15, -0.1) is 0 Å². The summed E-state index contributed by atoms with van der Waals surface area (Å²) in [6, 6.07) is 0. The van der Waals surface area contributed by atoms with Crippen molar-refractivity contribution in [2.75, 3.05) is 0 Å². The zero-order valence-electron chi connectivity index (χ0n) is 7.21. The molecule has 0 unspecified atom stereocenters. The number of hydrogen-bond donors (Lipinski definition) is 0. The van der Waals surface area contributed by atoms with Gasteiger partial charge in [0.15, 0.2) is 0 Å². The van der Waals surface area contributed by atoms with Crippen molar-refractivity contribution < 1.29 is 38.1 Å². The van der Waals surface area contributed by atoms with Crippen LogP contribution in [0.3, 0.4) is 0 Å². The normalized spacial score (nSPS) is 8.25. The Bertz CT molecular complexity index is 166. The summed E-state index contributed by atoms with van der Waals surface area (Å²) in [6.45, 7) is 3.73. The molecule has 0 saturated carbocycles. The molecule has 0 aliphatic heterocycles. The van der Waals surface area contributed by atoms with Gasteiger partial charge in [0.05, 0.1) is 0 Å². The summed E-state index contributed by atoms with van der Waals surface area (Å²) in [7, 11) is 0. The molecule has 0 spiro atoms. The number of ketones is 3. The predicted molar refractivity (Wildman–Crippen MR) is 36.2 cm³/mol. The van der Waals surface area contributed by atoms with Crippen molar-refractivity contribution in [3.63, 3.8) is 0 Å². The third kappa shape index (κ3) is 5.21. The van der Waals surface area contributed by atoms with E-state index in [9.17, 15) is 14.4 Å². The predicted octanol–water partition coefficient (Wildman–Crippen LogP) is 0.248. The van der Waals surface area contributed by atoms with Gasteiger partial charge in [0.2, 0.25) is 0 Å². The van der Waals surface area contributed by atoms with Crippen LogP contribution in [0.1, 0.15) is 20.8 Å². The Hall–Kier alpha value is -0.476. The van der Waals surface area contributed by atoms with Crippen LogP contribution in [0, 0.1) is 5.92 Å². The fourth-order valence-electron chi connectivity index (χ4n) is 0.859. The molecule has 0 fully saturated rings. The quantitative estimate of drug-likeness (QED) is 0.490. The van der Waals surface area contributed by atoms with Gasteiger partial charge >= 0.3 is 23.7 Å². The molecule has 0 atom stereocenters. The van der Waals surface area contributed by atoms with E-state index in [-0.39, 0.29) is 17.3 Å². The van der Waals surface area contributed by atoms with E-state index in [4.69, 9.17) is 3.32 Å². The van der Waals surface area contributed by atoms with Crippen molar-refractivity contribution in [1.82, 2.24) is 0 Å². The zero-order valence-corrected chi connectivity index (χ0v) is 8.77. The number of hydrogen-bond acceptors (Lipinski definition) is 4. The molecule has 0 aromatic carbocycles. The Kier molecular flexibility index (Phi) is 8.43. The van der Waals surface area contributed by atoms with Crippen molar-refractivity contribution in [2.45, 2.75) is 20.8 Å². The van der Waals surface area contributed by atoms with Crippen molar-refractivity contribution >= 4 is 17.3 Å². The van der Waals surface area contributed by atoms with Crippen LogP contribution in [-0.2, 0) is 38.1 Å². The number of Topliss-reactive ketones (excluding diaryl/α,β-unsaturated/α-hetero) is 3. The first-order valence-corrected chi connectivity index (χ1v) is 3.82. The Morgan fingerprint density at radius 1 is 0.833 bits per heavy atom. The van der Waals surface area contributed by atoms with E-state index in [0.717, 1.165) is 20.4 Å². The zero-order chi connectivity index (χ0) is 10.3. The molecule has 4 nitrogen and oxygen atoms in total. The van der Waals surface area contributed by atoms with E-state index >= 15 is 0 Å². The van der Waals surface area contributed by atoms with Crippen LogP contribution in [-0.4, -0.2) is 17.3 Å². The molecule has 66 valence electrons. The molecule has 0 aliphatic rings. The van der Waals surface area contributed by atoms with Crippen molar-refractivity contribution in [2.24, 2.45) is 5.92 Å². The fraction of sp³-hybridized carbons (Fsp3) is 0.571. The molecule has 0 aromatic rings. The summed E-state index contributed by atoms with van der Waals surface area (Å²) >= 11 is 0.750. The van der Waals surface area contributed by atoms with Crippen molar-refractivity contribution in [1.29, 1.82) is 0 Å². The van der Waals surface area contributed by atoms with Gasteiger partial charge in [-0.05, 0) is 20.8 Å². The minimum atomic E-state index is -1.03. The second-order valence-electron chi connectivity index (χ2n) is 2.26. The van der Waals surface area contributed by atoms with Gasteiger partial charge in [-0.3, -0.25) is 14.4 Å². The molecule has 0 aliphatic carbocycles. The van der Waals surface area contributed by atoms with Crippen LogP contribution in [0.25, 0.3) is 0 Å². The minimum absolute atomic E-state index is 0.375. The number of carbonyl (C=O) groups excluding carboxylic acids is 3. The molecule has 0 rings (SSSR count). The molecular weight excluding hydrogens is 196 g/mol. The summed E-state index contributed by atoms with van der Waals surface area (Å²) in [5, 5.41) is 0. The number of rotatable bonds is 3. The first kappa shape index (κ1) is 14.1. The van der Waals surface area contributed by atoms with Crippen LogP contribution < -0.4 is 0 Å². The first-order valence-electron chi connectivity index (χ1n) is 3.18. The van der Waals surface area contributed by atoms with Crippen molar-refractivity contribution in [3.05, 3.63) is 0 Å². The fourth-order valence-corrected chi connectivity index (χ4v) is 0.859. The van der Waals surface area contributed by atoms with Gasteiger partial charge in [0.25, 0.3) is 0 Å². The van der Waals surface area contributed by atoms with E-state index in [1.807, 2.05) is 0 Å². The molecule has 0 heterocycles. The standard InChI is InChI=1S/C7H10O3.O.Ti/c1-4(8)7(5(2)9)6(3)10;;/h7H,1-3H3;;. The molecule has 0 amide bonds. The maximum atomic E-state index is 10.6. The SMILES string of the molecule is CC(=O)C(C(C)=O)C(C)=O.[O]=[Ti]. The van der Waals surface area contributed by atoms with Crippen molar-refractivity contribution in [3.8, 4) is 0 Å². The van der Waals surface area contributed by atoms with Gasteiger partial charge in [0, 0.05) is 0 Å². The summed E-state index contributed by atoms with van der Waals surface area (Å²) in [4.78, 5) is 31.8. The molecule has 12 heavy (non-hydrogen) atoms. The average molecular weight is 206 g/mol. The van der Waals surface area contributed by atoms with Crippen LogP contribution in [0.15, 0.2) is 0 Å². The molecule has 0 radical (unpaired) electrons. The second-order valence-corrected chi connectivity index (χ2v) is 2.26. The summed E-state index contributed by atoms with van der Waals surface area (Å²) in [6.07, 6.45) is 0. The molecule has 0 aromatic heterocycles. The van der Waals surface area contributed by atoms with E-state index < -0.39 is 5.92 Å². The Morgan fingerprint density at radius 2 is 1.00 bits per heavy atom. The maximum absolute atomic E-state index is 10.6. The van der Waals surface area contributed by atoms with Crippen LogP contribution in [0.4, 0.5) is 0 Å². The van der Waals surface area contributed by atoms with Gasteiger partial charge in [-0.2, -0.15) is 0 Å². The summed E-state index contributed by atoms with van der Waals surface area (Å²) < 4.78 is 8.25. The van der Waals surface area contributed by atoms with Crippen LogP contribution >= 0.6 is 0 Å². The van der Waals surface area contributed by atoms with Crippen LogP contribution in [0.2, 0.25) is 0 Å². The van der Waals surface area contributed by atoms with Gasteiger partial charge < -0.3 is 0 Å². The Balaban J connectivity index is 0. The molecular formula is C7H10O4Ti. The number of carbonyl (C=O) groups is 3. The third-order valence-electron chi connectivity index (χ3n) is 1.22. The van der Waals surface area contributed by atoms with E-state index in [1.165, 1.54) is 20.8 Å². The summed E-state index contributed by atoms with van der Waals surface area (Å²) in [5.74, 6) is -2.15. The Labute approximate surface area is 82.4 Å². The second kappa shape index (κ2) is 7.19. The molecule has 0 N–H and O–H groups in total. The van der Waals surface area contributed by atoms with E-state index in [2.05, 4.69) is 0 Å². The summed E-state index contributed by atoms with van der Waals surface area (Å²) in [5.41, 5.74) is 0. The molecule has 0 bridgehead atoms. The van der Waals surface area contributed by atoms with Gasteiger partial charge in [0.1, 0.15) is 23.3 Å². The van der Waals surface area contributed by atoms with Gasteiger partial charge in [-0.25, -0.2) is 0 Å². The van der Waals surface area contributed by atoms with E-state index in [0.29, 0.717) is 0 Å². The average Bonchev–Trinajstić information content (AvgIpc) is 1.88. The first-order chi connectivity index (χ1) is 5.46. The molecule has 5 heteroatoms. The topological polar surface area (TPSA) is 68.3 Å². The monoisotopic (exact) mass is 206 g/mol. The van der Waals surface area contributed by atoms with Crippen LogP contribution in [0.5, 0.6) is 0 Å². The van der Waals surface area contributed by atoms with Gasteiger partial charge in [-0.1, -0.05) is 0 Å². The molecule has 0 saturated heterocycles. The third-order valence-corrected chi connectivity index (χ3v) is 1.22. The van der Waals surface area contributed by atoms with E-state index in [1.54, 1.807) is 0 Å².